The molecule has 21 heavy (non-hydrogen) atoms. The van der Waals surface area contributed by atoms with Gasteiger partial charge in [-0.2, -0.15) is 5.10 Å². The topological polar surface area (TPSA) is 33.1 Å². The Balaban J connectivity index is 1.73. The zero-order valence-corrected chi connectivity index (χ0v) is 14.9. The molecule has 2 fully saturated rings. The van der Waals surface area contributed by atoms with Crippen LogP contribution in [0.1, 0.15) is 50.4 Å². The lowest BCUT2D eigenvalue weighted by molar-refractivity contribution is 0.0924. The Morgan fingerprint density at radius 2 is 2.05 bits per heavy atom. The summed E-state index contributed by atoms with van der Waals surface area (Å²) in [4.78, 5) is 2.62. The fraction of sp³-hybridized carbons (Fsp3) is 0.812. The molecule has 1 aromatic rings. The Bertz CT molecular complexity index is 485. The number of hydrogen-bond donors (Lipinski definition) is 1. The Labute approximate surface area is 136 Å². The van der Waals surface area contributed by atoms with Crippen molar-refractivity contribution < 1.29 is 0 Å². The van der Waals surface area contributed by atoms with Gasteiger partial charge in [0.15, 0.2) is 0 Å². The van der Waals surface area contributed by atoms with Gasteiger partial charge in [-0.3, -0.25) is 9.58 Å². The van der Waals surface area contributed by atoms with Crippen molar-refractivity contribution >= 4 is 15.9 Å². The van der Waals surface area contributed by atoms with Gasteiger partial charge in [0.05, 0.1) is 15.9 Å². The third kappa shape index (κ3) is 3.20. The Kier molecular flexibility index (Phi) is 4.71. The number of nitrogens with one attached hydrogen (secondary N) is 1. The third-order valence-electron chi connectivity index (χ3n) is 5.09. The maximum atomic E-state index is 4.63. The zero-order chi connectivity index (χ0) is 14.9. The summed E-state index contributed by atoms with van der Waals surface area (Å²) in [7, 11) is 0. The van der Waals surface area contributed by atoms with Crippen LogP contribution in [0.15, 0.2) is 4.47 Å². The third-order valence-corrected chi connectivity index (χ3v) is 6.12. The molecule has 1 N–H and O–H groups in total. The lowest BCUT2D eigenvalue weighted by Gasteiger charge is -2.46. The number of hydrogen-bond acceptors (Lipinski definition) is 3. The van der Waals surface area contributed by atoms with Gasteiger partial charge in [0.2, 0.25) is 0 Å². The van der Waals surface area contributed by atoms with Crippen LogP contribution in [0.25, 0.3) is 0 Å². The quantitative estimate of drug-likeness (QED) is 0.905. The van der Waals surface area contributed by atoms with Crippen LogP contribution in [0.4, 0.5) is 0 Å². The molecule has 1 aromatic heterocycles. The number of rotatable bonds is 3. The zero-order valence-electron chi connectivity index (χ0n) is 13.3. The summed E-state index contributed by atoms with van der Waals surface area (Å²) in [6.45, 7) is 9.66. The molecule has 0 unspecified atom stereocenters. The fourth-order valence-electron chi connectivity index (χ4n) is 3.97. The second-order valence-electron chi connectivity index (χ2n) is 6.64. The van der Waals surface area contributed by atoms with Crippen molar-refractivity contribution in [2.45, 2.75) is 64.6 Å². The number of aryl methyl sites for hydroxylation is 2. The molecule has 2 aliphatic rings. The van der Waals surface area contributed by atoms with E-state index in [4.69, 9.17) is 0 Å². The average Bonchev–Trinajstić information content (AvgIpc) is 2.76. The molecule has 2 heterocycles. The van der Waals surface area contributed by atoms with Gasteiger partial charge in [0.25, 0.3) is 0 Å². The SMILES string of the molecule is CCn1nc(C)c(Br)c1CN1CCNC2(CCCCC2)C1. The molecular weight excluding hydrogens is 328 g/mol. The van der Waals surface area contributed by atoms with Crippen LogP contribution in [0.2, 0.25) is 0 Å². The minimum atomic E-state index is 0.384. The predicted molar refractivity (Wildman–Crippen MR) is 89.4 cm³/mol. The summed E-state index contributed by atoms with van der Waals surface area (Å²) in [6.07, 6.45) is 6.87. The standard InChI is InChI=1S/C16H27BrN4/c1-3-21-14(15(17)13(2)19-21)11-20-10-9-18-16(12-20)7-5-4-6-8-16/h18H,3-12H2,1-2H3. The highest BCUT2D eigenvalue weighted by Gasteiger charge is 2.36. The fourth-order valence-corrected chi connectivity index (χ4v) is 4.38. The van der Waals surface area contributed by atoms with Crippen LogP contribution in [-0.2, 0) is 13.1 Å². The predicted octanol–water partition coefficient (Wildman–Crippen LogP) is 3.08. The molecule has 1 aliphatic heterocycles. The highest BCUT2D eigenvalue weighted by Crippen LogP contribution is 2.31. The monoisotopic (exact) mass is 354 g/mol. The number of piperazine rings is 1. The van der Waals surface area contributed by atoms with Crippen molar-refractivity contribution in [3.8, 4) is 0 Å². The average molecular weight is 355 g/mol. The van der Waals surface area contributed by atoms with Crippen LogP contribution >= 0.6 is 15.9 Å². The summed E-state index contributed by atoms with van der Waals surface area (Å²) in [5, 5.41) is 8.45. The summed E-state index contributed by atoms with van der Waals surface area (Å²) in [5.41, 5.74) is 2.83. The van der Waals surface area contributed by atoms with Gasteiger partial charge in [-0.1, -0.05) is 19.3 Å². The minimum Gasteiger partial charge on any atom is -0.309 e. The van der Waals surface area contributed by atoms with Crippen molar-refractivity contribution in [3.63, 3.8) is 0 Å². The molecule has 1 spiro atoms. The van der Waals surface area contributed by atoms with Crippen molar-refractivity contribution in [2.75, 3.05) is 19.6 Å². The molecule has 118 valence electrons. The van der Waals surface area contributed by atoms with E-state index in [1.165, 1.54) is 48.8 Å². The first-order valence-electron chi connectivity index (χ1n) is 8.33. The first kappa shape index (κ1) is 15.5. The second kappa shape index (κ2) is 6.39. The lowest BCUT2D eigenvalue weighted by atomic mass is 9.80. The van der Waals surface area contributed by atoms with E-state index in [1.54, 1.807) is 0 Å². The van der Waals surface area contributed by atoms with E-state index in [-0.39, 0.29) is 0 Å². The molecule has 0 atom stereocenters. The van der Waals surface area contributed by atoms with Crippen LogP contribution in [0.3, 0.4) is 0 Å². The van der Waals surface area contributed by atoms with Gasteiger partial charge in [0.1, 0.15) is 0 Å². The molecule has 0 aromatic carbocycles. The van der Waals surface area contributed by atoms with E-state index >= 15 is 0 Å². The summed E-state index contributed by atoms with van der Waals surface area (Å²) in [5.74, 6) is 0. The molecule has 1 aliphatic carbocycles. The molecule has 0 bridgehead atoms. The summed E-state index contributed by atoms with van der Waals surface area (Å²) < 4.78 is 3.34. The van der Waals surface area contributed by atoms with Gasteiger partial charge in [-0.15, -0.1) is 0 Å². The summed E-state index contributed by atoms with van der Waals surface area (Å²) >= 11 is 3.73. The van der Waals surface area contributed by atoms with Gasteiger partial charge >= 0.3 is 0 Å². The van der Waals surface area contributed by atoms with Crippen LogP contribution in [-0.4, -0.2) is 39.9 Å². The van der Waals surface area contributed by atoms with Crippen molar-refractivity contribution in [3.05, 3.63) is 15.9 Å². The highest BCUT2D eigenvalue weighted by atomic mass is 79.9. The maximum absolute atomic E-state index is 4.63. The lowest BCUT2D eigenvalue weighted by Crippen LogP contribution is -2.60. The van der Waals surface area contributed by atoms with E-state index < -0.39 is 0 Å². The Hall–Kier alpha value is -0.390. The Morgan fingerprint density at radius 3 is 2.76 bits per heavy atom. The molecule has 5 heteroatoms. The van der Waals surface area contributed by atoms with E-state index in [9.17, 15) is 0 Å². The first-order valence-corrected chi connectivity index (χ1v) is 9.12. The molecule has 3 rings (SSSR count). The molecular formula is C16H27BrN4. The van der Waals surface area contributed by atoms with Gasteiger partial charge < -0.3 is 5.32 Å². The first-order chi connectivity index (χ1) is 10.1. The van der Waals surface area contributed by atoms with Gasteiger partial charge in [0, 0.05) is 38.3 Å². The van der Waals surface area contributed by atoms with Crippen molar-refractivity contribution in [1.82, 2.24) is 20.0 Å². The largest absolute Gasteiger partial charge is 0.309 e. The van der Waals surface area contributed by atoms with E-state index in [0.29, 0.717) is 5.54 Å². The van der Waals surface area contributed by atoms with E-state index in [1.807, 2.05) is 0 Å². The van der Waals surface area contributed by atoms with Crippen molar-refractivity contribution in [2.24, 2.45) is 0 Å². The van der Waals surface area contributed by atoms with E-state index in [0.717, 1.165) is 31.9 Å². The van der Waals surface area contributed by atoms with E-state index in [2.05, 4.69) is 49.8 Å². The second-order valence-corrected chi connectivity index (χ2v) is 7.43. The molecule has 4 nitrogen and oxygen atoms in total. The van der Waals surface area contributed by atoms with Crippen LogP contribution in [0.5, 0.6) is 0 Å². The number of aromatic nitrogens is 2. The molecule has 0 radical (unpaired) electrons. The number of halogens is 1. The van der Waals surface area contributed by atoms with Crippen molar-refractivity contribution in [1.29, 1.82) is 0 Å². The highest BCUT2D eigenvalue weighted by molar-refractivity contribution is 9.10. The Morgan fingerprint density at radius 1 is 1.29 bits per heavy atom. The number of nitrogens with zero attached hydrogens (tertiary/aromatic N) is 3. The van der Waals surface area contributed by atoms with Gasteiger partial charge in [-0.05, 0) is 42.6 Å². The normalized spacial score (nSPS) is 22.8. The van der Waals surface area contributed by atoms with Crippen LogP contribution in [0, 0.1) is 6.92 Å². The summed E-state index contributed by atoms with van der Waals surface area (Å²) in [6, 6.07) is 0. The van der Waals surface area contributed by atoms with Crippen LogP contribution < -0.4 is 5.32 Å². The molecule has 1 saturated heterocycles. The smallest absolute Gasteiger partial charge is 0.0739 e. The molecule has 0 amide bonds. The van der Waals surface area contributed by atoms with Gasteiger partial charge in [-0.25, -0.2) is 0 Å². The minimum absolute atomic E-state index is 0.384. The maximum Gasteiger partial charge on any atom is 0.0739 e. The molecule has 1 saturated carbocycles.